The lowest BCUT2D eigenvalue weighted by molar-refractivity contribution is 1.16. The molecule has 0 N–H and O–H groups in total. The fraction of sp³-hybridized carbons (Fsp3) is 0.222. The molecule has 0 amide bonds. The molecule has 1 aromatic heterocycles. The lowest BCUT2D eigenvalue weighted by Crippen LogP contribution is -1.89. The van der Waals surface area contributed by atoms with Gasteiger partial charge < -0.3 is 0 Å². The number of hydrogen-bond acceptors (Lipinski definition) is 1. The van der Waals surface area contributed by atoms with Crippen molar-refractivity contribution >= 4 is 11.6 Å². The number of aromatic nitrogens is 1. The fourth-order valence-corrected chi connectivity index (χ4v) is 1.24. The molecule has 1 aromatic rings. The third-order valence-corrected chi connectivity index (χ3v) is 1.89. The van der Waals surface area contributed by atoms with Crippen LogP contribution in [0.2, 0.25) is 5.02 Å². The van der Waals surface area contributed by atoms with Gasteiger partial charge in [-0.15, -0.1) is 6.58 Å². The first-order valence-electron chi connectivity index (χ1n) is 3.45. The lowest BCUT2D eigenvalue weighted by Gasteiger charge is -2.02. The van der Waals surface area contributed by atoms with E-state index in [1.807, 2.05) is 19.2 Å². The molecule has 1 heterocycles. The Hall–Kier alpha value is -0.820. The van der Waals surface area contributed by atoms with Crippen molar-refractivity contribution in [2.24, 2.45) is 0 Å². The second-order valence-corrected chi connectivity index (χ2v) is 2.82. The van der Waals surface area contributed by atoms with Gasteiger partial charge in [0.1, 0.15) is 0 Å². The first kappa shape index (κ1) is 8.28. The molecule has 0 bridgehead atoms. The number of halogens is 1. The monoisotopic (exact) mass is 167 g/mol. The molecule has 0 atom stereocenters. The summed E-state index contributed by atoms with van der Waals surface area (Å²) in [5, 5.41) is 0.727. The molecule has 0 aromatic carbocycles. The van der Waals surface area contributed by atoms with Crippen LogP contribution in [0.3, 0.4) is 0 Å². The Morgan fingerprint density at radius 3 is 2.91 bits per heavy atom. The van der Waals surface area contributed by atoms with E-state index in [1.165, 1.54) is 0 Å². The summed E-state index contributed by atoms with van der Waals surface area (Å²) in [6.07, 6.45) is 6.12. The second-order valence-electron chi connectivity index (χ2n) is 2.41. The maximum absolute atomic E-state index is 5.90. The number of aryl methyl sites for hydroxylation is 1. The average Bonchev–Trinajstić information content (AvgIpc) is 1.97. The van der Waals surface area contributed by atoms with E-state index < -0.39 is 0 Å². The van der Waals surface area contributed by atoms with Gasteiger partial charge in [0, 0.05) is 12.4 Å². The van der Waals surface area contributed by atoms with Gasteiger partial charge in [-0.3, -0.25) is 4.98 Å². The van der Waals surface area contributed by atoms with Gasteiger partial charge in [-0.2, -0.15) is 0 Å². The van der Waals surface area contributed by atoms with Gasteiger partial charge in [-0.05, 0) is 24.5 Å². The molecule has 0 radical (unpaired) electrons. The predicted octanol–water partition coefficient (Wildman–Crippen LogP) is 2.77. The summed E-state index contributed by atoms with van der Waals surface area (Å²) in [6, 6.07) is 0. The van der Waals surface area contributed by atoms with Crippen LogP contribution in [0, 0.1) is 6.92 Å². The number of nitrogens with zero attached hydrogens (tertiary/aromatic N) is 1. The van der Waals surface area contributed by atoms with Crippen LogP contribution < -0.4 is 0 Å². The first-order valence-corrected chi connectivity index (χ1v) is 3.83. The molecule has 1 nitrogen and oxygen atoms in total. The maximum atomic E-state index is 5.90. The van der Waals surface area contributed by atoms with Crippen molar-refractivity contribution in [3.05, 3.63) is 41.2 Å². The summed E-state index contributed by atoms with van der Waals surface area (Å²) in [6.45, 7) is 5.66. The molecule has 0 saturated heterocycles. The molecular formula is C9H10ClN. The molecule has 0 unspecified atom stereocenters. The summed E-state index contributed by atoms with van der Waals surface area (Å²) in [7, 11) is 0. The third-order valence-electron chi connectivity index (χ3n) is 1.57. The first-order chi connectivity index (χ1) is 5.25. The highest BCUT2D eigenvalue weighted by Crippen LogP contribution is 2.18. The van der Waals surface area contributed by atoms with E-state index in [1.54, 1.807) is 6.20 Å². The molecule has 11 heavy (non-hydrogen) atoms. The van der Waals surface area contributed by atoms with Crippen molar-refractivity contribution in [1.29, 1.82) is 0 Å². The van der Waals surface area contributed by atoms with E-state index in [-0.39, 0.29) is 0 Å². The molecule has 0 spiro atoms. The van der Waals surface area contributed by atoms with E-state index in [2.05, 4.69) is 11.6 Å². The van der Waals surface area contributed by atoms with E-state index in [9.17, 15) is 0 Å². The minimum Gasteiger partial charge on any atom is -0.263 e. The van der Waals surface area contributed by atoms with Crippen LogP contribution in [0.1, 0.15) is 11.1 Å². The summed E-state index contributed by atoms with van der Waals surface area (Å²) in [5.74, 6) is 0. The van der Waals surface area contributed by atoms with Crippen molar-refractivity contribution in [3.63, 3.8) is 0 Å². The van der Waals surface area contributed by atoms with Crippen LogP contribution in [0.5, 0.6) is 0 Å². The van der Waals surface area contributed by atoms with Crippen LogP contribution in [0.15, 0.2) is 25.0 Å². The van der Waals surface area contributed by atoms with Crippen LogP contribution in [-0.4, -0.2) is 4.98 Å². The molecule has 0 aliphatic carbocycles. The summed E-state index contributed by atoms with van der Waals surface area (Å²) >= 11 is 5.90. The van der Waals surface area contributed by atoms with Crippen LogP contribution in [0.4, 0.5) is 0 Å². The van der Waals surface area contributed by atoms with E-state index in [0.29, 0.717) is 0 Å². The number of allylic oxidation sites excluding steroid dienone is 1. The summed E-state index contributed by atoms with van der Waals surface area (Å²) in [5.41, 5.74) is 2.24. The van der Waals surface area contributed by atoms with Gasteiger partial charge in [-0.1, -0.05) is 17.7 Å². The molecule has 58 valence electrons. The highest BCUT2D eigenvalue weighted by molar-refractivity contribution is 6.31. The molecular weight excluding hydrogens is 158 g/mol. The quantitative estimate of drug-likeness (QED) is 0.618. The third kappa shape index (κ3) is 1.81. The lowest BCUT2D eigenvalue weighted by atomic mass is 10.1. The van der Waals surface area contributed by atoms with Crippen molar-refractivity contribution < 1.29 is 0 Å². The van der Waals surface area contributed by atoms with E-state index in [0.717, 1.165) is 22.6 Å². The second kappa shape index (κ2) is 3.54. The fourth-order valence-electron chi connectivity index (χ4n) is 0.962. The Kier molecular flexibility index (Phi) is 2.66. The van der Waals surface area contributed by atoms with Crippen molar-refractivity contribution in [3.8, 4) is 0 Å². The Balaban J connectivity index is 3.09. The number of pyridine rings is 1. The van der Waals surface area contributed by atoms with Crippen LogP contribution in [0.25, 0.3) is 0 Å². The normalized spacial score (nSPS) is 9.64. The smallest absolute Gasteiger partial charge is 0.0627 e. The highest BCUT2D eigenvalue weighted by atomic mass is 35.5. The molecule has 2 heteroatoms. The minimum atomic E-state index is 0.727. The van der Waals surface area contributed by atoms with Gasteiger partial charge in [0.25, 0.3) is 0 Å². The largest absolute Gasteiger partial charge is 0.263 e. The topological polar surface area (TPSA) is 12.9 Å². The zero-order valence-electron chi connectivity index (χ0n) is 6.47. The van der Waals surface area contributed by atoms with Gasteiger partial charge in [0.15, 0.2) is 0 Å². The SMILES string of the molecule is C=CCc1c(C)cncc1Cl. The predicted molar refractivity (Wildman–Crippen MR) is 47.9 cm³/mol. The van der Waals surface area contributed by atoms with Gasteiger partial charge in [0.05, 0.1) is 5.02 Å². The number of rotatable bonds is 2. The Morgan fingerprint density at radius 2 is 2.36 bits per heavy atom. The maximum Gasteiger partial charge on any atom is 0.0627 e. The zero-order chi connectivity index (χ0) is 8.27. The van der Waals surface area contributed by atoms with Gasteiger partial charge in [0.2, 0.25) is 0 Å². The summed E-state index contributed by atoms with van der Waals surface area (Å²) < 4.78 is 0. The van der Waals surface area contributed by atoms with Crippen molar-refractivity contribution in [1.82, 2.24) is 4.98 Å². The van der Waals surface area contributed by atoms with Gasteiger partial charge >= 0.3 is 0 Å². The van der Waals surface area contributed by atoms with Crippen molar-refractivity contribution in [2.75, 3.05) is 0 Å². The molecule has 0 saturated carbocycles. The molecule has 0 aliphatic heterocycles. The highest BCUT2D eigenvalue weighted by Gasteiger charge is 2.00. The Bertz CT molecular complexity index is 248. The number of hydrogen-bond donors (Lipinski definition) is 0. The molecule has 1 rings (SSSR count). The van der Waals surface area contributed by atoms with E-state index >= 15 is 0 Å². The zero-order valence-corrected chi connectivity index (χ0v) is 7.23. The Labute approximate surface area is 71.7 Å². The van der Waals surface area contributed by atoms with Crippen LogP contribution >= 0.6 is 11.6 Å². The standard InChI is InChI=1S/C9H10ClN/c1-3-4-8-7(2)5-11-6-9(8)10/h3,5-6H,1,4H2,2H3. The average molecular weight is 168 g/mol. The minimum absolute atomic E-state index is 0.727. The van der Waals surface area contributed by atoms with E-state index in [4.69, 9.17) is 11.6 Å². The Morgan fingerprint density at radius 1 is 1.64 bits per heavy atom. The molecule has 0 aliphatic rings. The van der Waals surface area contributed by atoms with Crippen molar-refractivity contribution in [2.45, 2.75) is 13.3 Å². The van der Waals surface area contributed by atoms with Gasteiger partial charge in [-0.25, -0.2) is 0 Å². The van der Waals surface area contributed by atoms with Crippen LogP contribution in [-0.2, 0) is 6.42 Å². The summed E-state index contributed by atoms with van der Waals surface area (Å²) in [4.78, 5) is 3.96. The molecule has 0 fully saturated rings.